The topological polar surface area (TPSA) is 25.4 Å². The van der Waals surface area contributed by atoms with E-state index in [9.17, 15) is 0 Å². The SMILES string of the molecule is CCC1CCCCN1c1ccc2cccc(OCc3cccc(C)c3)c2n1. The Bertz CT molecular complexity index is 921. The lowest BCUT2D eigenvalue weighted by molar-refractivity contribution is 0.309. The Kier molecular flexibility index (Phi) is 5.28. The number of nitrogens with zero attached hydrogens (tertiary/aromatic N) is 2. The lowest BCUT2D eigenvalue weighted by atomic mass is 10.00. The number of pyridine rings is 1. The maximum atomic E-state index is 6.17. The number of benzene rings is 2. The Balaban J connectivity index is 1.63. The molecule has 3 nitrogen and oxygen atoms in total. The molecule has 1 atom stereocenters. The van der Waals surface area contributed by atoms with E-state index in [0.717, 1.165) is 29.0 Å². The Labute approximate surface area is 162 Å². The number of piperidine rings is 1. The number of aromatic nitrogens is 1. The van der Waals surface area contributed by atoms with Crippen molar-refractivity contribution in [1.82, 2.24) is 4.98 Å². The van der Waals surface area contributed by atoms with Crippen molar-refractivity contribution in [1.29, 1.82) is 0 Å². The van der Waals surface area contributed by atoms with Gasteiger partial charge in [0, 0.05) is 18.0 Å². The number of para-hydroxylation sites is 1. The van der Waals surface area contributed by atoms with Gasteiger partial charge in [0.25, 0.3) is 0 Å². The van der Waals surface area contributed by atoms with Crippen LogP contribution >= 0.6 is 0 Å². The summed E-state index contributed by atoms with van der Waals surface area (Å²) >= 11 is 0. The van der Waals surface area contributed by atoms with E-state index in [1.165, 1.54) is 36.8 Å². The lowest BCUT2D eigenvalue weighted by Gasteiger charge is -2.36. The molecule has 140 valence electrons. The van der Waals surface area contributed by atoms with Crippen LogP contribution in [-0.2, 0) is 6.61 Å². The Morgan fingerprint density at radius 1 is 1.07 bits per heavy atom. The minimum atomic E-state index is 0.563. The number of hydrogen-bond acceptors (Lipinski definition) is 3. The summed E-state index contributed by atoms with van der Waals surface area (Å²) in [5.74, 6) is 1.95. The third-order valence-corrected chi connectivity index (χ3v) is 5.54. The molecule has 1 aliphatic rings. The van der Waals surface area contributed by atoms with Crippen LogP contribution < -0.4 is 9.64 Å². The van der Waals surface area contributed by atoms with Crippen LogP contribution in [0.1, 0.15) is 43.7 Å². The van der Waals surface area contributed by atoms with Crippen molar-refractivity contribution >= 4 is 16.7 Å². The van der Waals surface area contributed by atoms with Crippen LogP contribution in [0.25, 0.3) is 10.9 Å². The summed E-state index contributed by atoms with van der Waals surface area (Å²) < 4.78 is 6.17. The highest BCUT2D eigenvalue weighted by Gasteiger charge is 2.22. The molecule has 1 unspecified atom stereocenters. The number of anilines is 1. The largest absolute Gasteiger partial charge is 0.487 e. The molecule has 1 aliphatic heterocycles. The average molecular weight is 361 g/mol. The van der Waals surface area contributed by atoms with E-state index in [0.29, 0.717) is 12.6 Å². The van der Waals surface area contributed by atoms with E-state index >= 15 is 0 Å². The molecule has 1 aromatic heterocycles. The zero-order valence-corrected chi connectivity index (χ0v) is 16.3. The maximum absolute atomic E-state index is 6.17. The molecule has 3 aromatic rings. The first kappa shape index (κ1) is 17.8. The first-order valence-corrected chi connectivity index (χ1v) is 10.1. The number of hydrogen-bond donors (Lipinski definition) is 0. The van der Waals surface area contributed by atoms with Crippen molar-refractivity contribution < 1.29 is 4.74 Å². The predicted octanol–water partition coefficient (Wildman–Crippen LogP) is 5.89. The van der Waals surface area contributed by atoms with Crippen LogP contribution in [0.3, 0.4) is 0 Å². The fraction of sp³-hybridized carbons (Fsp3) is 0.375. The summed E-state index contributed by atoms with van der Waals surface area (Å²) in [6, 6.07) is 19.6. The quantitative estimate of drug-likeness (QED) is 0.567. The normalized spacial score (nSPS) is 17.3. The van der Waals surface area contributed by atoms with E-state index in [1.54, 1.807) is 0 Å². The Hall–Kier alpha value is -2.55. The summed E-state index contributed by atoms with van der Waals surface area (Å²) in [5, 5.41) is 1.13. The molecule has 0 N–H and O–H groups in total. The summed E-state index contributed by atoms with van der Waals surface area (Å²) in [6.45, 7) is 6.05. The molecule has 1 fully saturated rings. The fourth-order valence-electron chi connectivity index (χ4n) is 4.08. The van der Waals surface area contributed by atoms with E-state index in [2.05, 4.69) is 61.2 Å². The summed E-state index contributed by atoms with van der Waals surface area (Å²) in [7, 11) is 0. The highest BCUT2D eigenvalue weighted by molar-refractivity contribution is 5.86. The third-order valence-electron chi connectivity index (χ3n) is 5.54. The third kappa shape index (κ3) is 3.92. The first-order chi connectivity index (χ1) is 13.2. The molecule has 3 heteroatoms. The van der Waals surface area contributed by atoms with Gasteiger partial charge in [-0.1, -0.05) is 48.9 Å². The van der Waals surface area contributed by atoms with Gasteiger partial charge in [0.2, 0.25) is 0 Å². The maximum Gasteiger partial charge on any atom is 0.146 e. The lowest BCUT2D eigenvalue weighted by Crippen LogP contribution is -2.39. The number of aryl methyl sites for hydroxylation is 1. The van der Waals surface area contributed by atoms with Crippen LogP contribution in [0.2, 0.25) is 0 Å². The van der Waals surface area contributed by atoms with Crippen LogP contribution in [0, 0.1) is 6.92 Å². The fourth-order valence-corrected chi connectivity index (χ4v) is 4.08. The molecule has 27 heavy (non-hydrogen) atoms. The molecule has 4 rings (SSSR count). The van der Waals surface area contributed by atoms with Crippen molar-refractivity contribution in [3.05, 3.63) is 65.7 Å². The molecule has 0 bridgehead atoms. The van der Waals surface area contributed by atoms with Gasteiger partial charge in [0.05, 0.1) is 0 Å². The van der Waals surface area contributed by atoms with Gasteiger partial charge in [-0.25, -0.2) is 4.98 Å². The van der Waals surface area contributed by atoms with Crippen molar-refractivity contribution in [2.24, 2.45) is 0 Å². The summed E-state index contributed by atoms with van der Waals surface area (Å²) in [6.07, 6.45) is 5.02. The van der Waals surface area contributed by atoms with E-state index in [4.69, 9.17) is 9.72 Å². The Morgan fingerprint density at radius 2 is 1.96 bits per heavy atom. The molecule has 0 aliphatic carbocycles. The molecule has 0 amide bonds. The van der Waals surface area contributed by atoms with Gasteiger partial charge < -0.3 is 9.64 Å². The molecular formula is C24H28N2O. The number of ether oxygens (including phenoxy) is 1. The summed E-state index contributed by atoms with van der Waals surface area (Å²) in [4.78, 5) is 7.51. The van der Waals surface area contributed by atoms with Gasteiger partial charge in [-0.05, 0) is 56.4 Å². The van der Waals surface area contributed by atoms with Crippen molar-refractivity contribution in [2.75, 3.05) is 11.4 Å². The zero-order chi connectivity index (χ0) is 18.6. The highest BCUT2D eigenvalue weighted by Crippen LogP contribution is 2.30. The second-order valence-corrected chi connectivity index (χ2v) is 7.53. The molecule has 1 saturated heterocycles. The van der Waals surface area contributed by atoms with Crippen LogP contribution in [0.15, 0.2) is 54.6 Å². The van der Waals surface area contributed by atoms with Gasteiger partial charge in [-0.3, -0.25) is 0 Å². The smallest absolute Gasteiger partial charge is 0.146 e. The zero-order valence-electron chi connectivity index (χ0n) is 16.3. The molecule has 2 heterocycles. The van der Waals surface area contributed by atoms with Gasteiger partial charge in [-0.15, -0.1) is 0 Å². The van der Waals surface area contributed by atoms with Crippen LogP contribution in [-0.4, -0.2) is 17.6 Å². The monoisotopic (exact) mass is 360 g/mol. The molecule has 0 radical (unpaired) electrons. The average Bonchev–Trinajstić information content (AvgIpc) is 2.72. The van der Waals surface area contributed by atoms with Gasteiger partial charge >= 0.3 is 0 Å². The van der Waals surface area contributed by atoms with E-state index in [1.807, 2.05) is 12.1 Å². The second kappa shape index (κ2) is 7.99. The Morgan fingerprint density at radius 3 is 2.81 bits per heavy atom. The van der Waals surface area contributed by atoms with Crippen molar-refractivity contribution in [3.63, 3.8) is 0 Å². The van der Waals surface area contributed by atoms with Crippen LogP contribution in [0.5, 0.6) is 5.75 Å². The van der Waals surface area contributed by atoms with Crippen LogP contribution in [0.4, 0.5) is 5.82 Å². The predicted molar refractivity (Wildman–Crippen MR) is 113 cm³/mol. The molecule has 2 aromatic carbocycles. The minimum absolute atomic E-state index is 0.563. The molecule has 0 spiro atoms. The summed E-state index contributed by atoms with van der Waals surface area (Å²) in [5.41, 5.74) is 3.40. The van der Waals surface area contributed by atoms with E-state index in [-0.39, 0.29) is 0 Å². The number of rotatable bonds is 5. The van der Waals surface area contributed by atoms with Gasteiger partial charge in [0.15, 0.2) is 0 Å². The first-order valence-electron chi connectivity index (χ1n) is 10.1. The molecule has 0 saturated carbocycles. The van der Waals surface area contributed by atoms with Gasteiger partial charge in [0.1, 0.15) is 23.7 Å². The second-order valence-electron chi connectivity index (χ2n) is 7.53. The number of fused-ring (bicyclic) bond motifs is 1. The van der Waals surface area contributed by atoms with Gasteiger partial charge in [-0.2, -0.15) is 0 Å². The molecular weight excluding hydrogens is 332 g/mol. The highest BCUT2D eigenvalue weighted by atomic mass is 16.5. The van der Waals surface area contributed by atoms with Crippen molar-refractivity contribution in [2.45, 2.75) is 52.2 Å². The minimum Gasteiger partial charge on any atom is -0.487 e. The standard InChI is InChI=1S/C24H28N2O/c1-3-21-11-4-5-15-26(21)23-14-13-20-10-7-12-22(24(20)25-23)27-17-19-9-6-8-18(2)16-19/h6-10,12-14,16,21H,3-5,11,15,17H2,1-2H3. The van der Waals surface area contributed by atoms with E-state index < -0.39 is 0 Å². The van der Waals surface area contributed by atoms with Crippen molar-refractivity contribution in [3.8, 4) is 5.75 Å².